The van der Waals surface area contributed by atoms with Gasteiger partial charge in [-0.1, -0.05) is 27.2 Å². The van der Waals surface area contributed by atoms with Gasteiger partial charge in [0.15, 0.2) is 0 Å². The van der Waals surface area contributed by atoms with E-state index in [2.05, 4.69) is 25.7 Å². The van der Waals surface area contributed by atoms with E-state index in [4.69, 9.17) is 5.73 Å². The quantitative estimate of drug-likeness (QED) is 0.781. The maximum atomic E-state index is 6.21. The van der Waals surface area contributed by atoms with Crippen LogP contribution in [0.15, 0.2) is 0 Å². The zero-order chi connectivity index (χ0) is 11.8. The van der Waals surface area contributed by atoms with Crippen LogP contribution < -0.4 is 5.73 Å². The largest absolute Gasteiger partial charge is 0.327 e. The minimum Gasteiger partial charge on any atom is -0.327 e. The summed E-state index contributed by atoms with van der Waals surface area (Å²) >= 11 is 0. The molecule has 1 saturated carbocycles. The number of nitrogens with zero attached hydrogens (tertiary/aromatic N) is 1. The molecule has 2 atom stereocenters. The fourth-order valence-corrected chi connectivity index (χ4v) is 3.35. The standard InChI is InChI=1S/C14H28N2/c1-14(2,3)8-11-7-12(15)10-16(9-11)13-5-4-6-13/h11-13H,4-10,15H2,1-3H3. The first-order chi connectivity index (χ1) is 7.44. The number of hydrogen-bond acceptors (Lipinski definition) is 2. The number of hydrogen-bond donors (Lipinski definition) is 1. The Hall–Kier alpha value is -0.0800. The monoisotopic (exact) mass is 224 g/mol. The van der Waals surface area contributed by atoms with Crippen LogP contribution in [0.1, 0.15) is 52.9 Å². The van der Waals surface area contributed by atoms with Crippen molar-refractivity contribution in [2.45, 2.75) is 65.0 Å². The van der Waals surface area contributed by atoms with Gasteiger partial charge in [0, 0.05) is 25.2 Å². The van der Waals surface area contributed by atoms with Gasteiger partial charge in [0.1, 0.15) is 0 Å². The summed E-state index contributed by atoms with van der Waals surface area (Å²) in [6.45, 7) is 9.49. The van der Waals surface area contributed by atoms with Crippen molar-refractivity contribution in [1.82, 2.24) is 4.90 Å². The van der Waals surface area contributed by atoms with Crippen LogP contribution in [-0.2, 0) is 0 Å². The van der Waals surface area contributed by atoms with Gasteiger partial charge in [-0.2, -0.15) is 0 Å². The highest BCUT2D eigenvalue weighted by molar-refractivity contribution is 4.89. The van der Waals surface area contributed by atoms with E-state index in [1.54, 1.807) is 0 Å². The summed E-state index contributed by atoms with van der Waals surface area (Å²) in [4.78, 5) is 2.67. The maximum absolute atomic E-state index is 6.21. The van der Waals surface area contributed by atoms with Gasteiger partial charge in [-0.05, 0) is 37.0 Å². The SMILES string of the molecule is CC(C)(C)CC1CC(N)CN(C2CCC2)C1. The molecule has 0 bridgehead atoms. The Morgan fingerprint density at radius 1 is 1.19 bits per heavy atom. The average Bonchev–Trinajstić information content (AvgIpc) is 1.94. The van der Waals surface area contributed by atoms with Crippen molar-refractivity contribution in [3.05, 3.63) is 0 Å². The van der Waals surface area contributed by atoms with Crippen molar-refractivity contribution in [3.63, 3.8) is 0 Å². The van der Waals surface area contributed by atoms with Crippen molar-refractivity contribution in [2.24, 2.45) is 17.1 Å². The number of nitrogens with two attached hydrogens (primary N) is 1. The van der Waals surface area contributed by atoms with Crippen molar-refractivity contribution in [2.75, 3.05) is 13.1 Å². The molecule has 2 rings (SSSR count). The second-order valence-electron chi connectivity index (χ2n) is 7.17. The molecule has 2 N–H and O–H groups in total. The highest BCUT2D eigenvalue weighted by Gasteiger charge is 2.33. The molecule has 0 radical (unpaired) electrons. The molecule has 1 aliphatic heterocycles. The summed E-state index contributed by atoms with van der Waals surface area (Å²) in [7, 11) is 0. The predicted molar refractivity (Wildman–Crippen MR) is 69.4 cm³/mol. The van der Waals surface area contributed by atoms with Crippen LogP contribution in [-0.4, -0.2) is 30.1 Å². The number of likely N-dealkylation sites (tertiary alicyclic amines) is 1. The van der Waals surface area contributed by atoms with E-state index in [-0.39, 0.29) is 0 Å². The van der Waals surface area contributed by atoms with Crippen molar-refractivity contribution >= 4 is 0 Å². The van der Waals surface area contributed by atoms with Crippen molar-refractivity contribution in [1.29, 1.82) is 0 Å². The minimum atomic E-state index is 0.418. The molecule has 1 heterocycles. The molecular formula is C14H28N2. The van der Waals surface area contributed by atoms with Crippen LogP contribution in [0.2, 0.25) is 0 Å². The van der Waals surface area contributed by atoms with Crippen LogP contribution in [0.4, 0.5) is 0 Å². The lowest BCUT2D eigenvalue weighted by Gasteiger charge is -2.45. The van der Waals surface area contributed by atoms with E-state index in [1.165, 1.54) is 38.6 Å². The fraction of sp³-hybridized carbons (Fsp3) is 1.00. The molecule has 2 unspecified atom stereocenters. The highest BCUT2D eigenvalue weighted by Crippen LogP contribution is 2.33. The Bertz CT molecular complexity index is 227. The molecule has 0 amide bonds. The Morgan fingerprint density at radius 3 is 2.38 bits per heavy atom. The lowest BCUT2D eigenvalue weighted by molar-refractivity contribution is 0.0541. The molecule has 16 heavy (non-hydrogen) atoms. The summed E-state index contributed by atoms with van der Waals surface area (Å²) in [5, 5.41) is 0. The van der Waals surface area contributed by atoms with Gasteiger partial charge in [-0.3, -0.25) is 4.90 Å². The highest BCUT2D eigenvalue weighted by atomic mass is 15.2. The van der Waals surface area contributed by atoms with Gasteiger partial charge in [0.25, 0.3) is 0 Å². The van der Waals surface area contributed by atoms with Gasteiger partial charge >= 0.3 is 0 Å². The third-order valence-corrected chi connectivity index (χ3v) is 4.09. The smallest absolute Gasteiger partial charge is 0.0171 e. The molecule has 2 heteroatoms. The second-order valence-corrected chi connectivity index (χ2v) is 7.17. The van der Waals surface area contributed by atoms with Crippen LogP contribution in [0.5, 0.6) is 0 Å². The first-order valence-corrected chi connectivity index (χ1v) is 6.94. The van der Waals surface area contributed by atoms with Crippen molar-refractivity contribution < 1.29 is 0 Å². The summed E-state index contributed by atoms with van der Waals surface area (Å²) in [6, 6.07) is 1.29. The number of piperidine rings is 1. The first-order valence-electron chi connectivity index (χ1n) is 6.94. The van der Waals surface area contributed by atoms with Crippen LogP contribution in [0.25, 0.3) is 0 Å². The first kappa shape index (κ1) is 12.4. The Kier molecular flexibility index (Phi) is 3.60. The molecule has 1 aliphatic carbocycles. The van der Waals surface area contributed by atoms with Gasteiger partial charge in [0.05, 0.1) is 0 Å². The Morgan fingerprint density at radius 2 is 1.88 bits per heavy atom. The second kappa shape index (κ2) is 4.66. The summed E-state index contributed by atoms with van der Waals surface area (Å²) in [5.41, 5.74) is 6.66. The van der Waals surface area contributed by atoms with E-state index in [1.807, 2.05) is 0 Å². The Balaban J connectivity index is 1.88. The summed E-state index contributed by atoms with van der Waals surface area (Å²) in [6.07, 6.45) is 6.81. The third kappa shape index (κ3) is 3.21. The molecule has 0 aromatic heterocycles. The third-order valence-electron chi connectivity index (χ3n) is 4.09. The summed E-state index contributed by atoms with van der Waals surface area (Å²) in [5.74, 6) is 0.823. The fourth-order valence-electron chi connectivity index (χ4n) is 3.35. The topological polar surface area (TPSA) is 29.3 Å². The predicted octanol–water partition coefficient (Wildman–Crippen LogP) is 2.62. The maximum Gasteiger partial charge on any atom is 0.0171 e. The molecule has 0 aromatic rings. The molecule has 1 saturated heterocycles. The summed E-state index contributed by atoms with van der Waals surface area (Å²) < 4.78 is 0. The normalized spacial score (nSPS) is 33.8. The Labute approximate surface area is 101 Å². The van der Waals surface area contributed by atoms with Crippen LogP contribution in [0, 0.1) is 11.3 Å². The zero-order valence-electron chi connectivity index (χ0n) is 11.2. The van der Waals surface area contributed by atoms with E-state index < -0.39 is 0 Å². The molecular weight excluding hydrogens is 196 g/mol. The lowest BCUT2D eigenvalue weighted by Crippen LogP contribution is -2.53. The van der Waals surface area contributed by atoms with E-state index in [9.17, 15) is 0 Å². The molecule has 2 nitrogen and oxygen atoms in total. The van der Waals surface area contributed by atoms with E-state index in [0.717, 1.165) is 18.5 Å². The van der Waals surface area contributed by atoms with Gasteiger partial charge in [0.2, 0.25) is 0 Å². The molecule has 94 valence electrons. The van der Waals surface area contributed by atoms with Gasteiger partial charge in [-0.15, -0.1) is 0 Å². The number of rotatable bonds is 2. The molecule has 2 fully saturated rings. The van der Waals surface area contributed by atoms with Crippen molar-refractivity contribution in [3.8, 4) is 0 Å². The van der Waals surface area contributed by atoms with Gasteiger partial charge in [-0.25, -0.2) is 0 Å². The zero-order valence-corrected chi connectivity index (χ0v) is 11.2. The minimum absolute atomic E-state index is 0.418. The lowest BCUT2D eigenvalue weighted by atomic mass is 9.79. The van der Waals surface area contributed by atoms with Gasteiger partial charge < -0.3 is 5.73 Å². The van der Waals surface area contributed by atoms with E-state index >= 15 is 0 Å². The van der Waals surface area contributed by atoms with Crippen LogP contribution >= 0.6 is 0 Å². The molecule has 0 aromatic carbocycles. The van der Waals surface area contributed by atoms with E-state index in [0.29, 0.717) is 11.5 Å². The molecule has 0 spiro atoms. The molecule has 2 aliphatic rings. The van der Waals surface area contributed by atoms with Crippen LogP contribution in [0.3, 0.4) is 0 Å². The average molecular weight is 224 g/mol.